The summed E-state index contributed by atoms with van der Waals surface area (Å²) < 4.78 is 0. The van der Waals surface area contributed by atoms with Gasteiger partial charge in [-0.25, -0.2) is 0 Å². The molecule has 0 N–H and O–H groups in total. The summed E-state index contributed by atoms with van der Waals surface area (Å²) in [7, 11) is 0. The van der Waals surface area contributed by atoms with Crippen molar-refractivity contribution < 1.29 is 0 Å². The highest BCUT2D eigenvalue weighted by Gasteiger charge is 1.95. The third-order valence-corrected chi connectivity index (χ3v) is 3.34. The molecule has 0 spiro atoms. The van der Waals surface area contributed by atoms with Crippen molar-refractivity contribution >= 4 is 24.3 Å². The Hall–Kier alpha value is -2.08. The molecule has 2 aromatic carbocycles. The smallest absolute Gasteiger partial charge is 0.0224 e. The fraction of sp³-hybridized carbons (Fsp3) is 0.111. The van der Waals surface area contributed by atoms with Crippen LogP contribution in [0.1, 0.15) is 13.8 Å². The summed E-state index contributed by atoms with van der Waals surface area (Å²) in [6.07, 6.45) is 0. The number of benzene rings is 2. The van der Waals surface area contributed by atoms with Crippen LogP contribution in [0.5, 0.6) is 0 Å². The second kappa shape index (κ2) is 5.05. The zero-order chi connectivity index (χ0) is 13.1. The molecule has 90 valence electrons. The first kappa shape index (κ1) is 12.4. The topological polar surface area (TPSA) is 0 Å². The summed E-state index contributed by atoms with van der Waals surface area (Å²) in [5.41, 5.74) is 2.60. The van der Waals surface area contributed by atoms with Gasteiger partial charge in [-0.15, -0.1) is 0 Å². The van der Waals surface area contributed by atoms with Crippen LogP contribution in [0.25, 0.3) is 24.3 Å². The molecule has 0 amide bonds. The van der Waals surface area contributed by atoms with Crippen LogP contribution in [0.15, 0.2) is 48.5 Å². The van der Waals surface area contributed by atoms with E-state index in [9.17, 15) is 0 Å². The Kier molecular flexibility index (Phi) is 3.47. The summed E-state index contributed by atoms with van der Waals surface area (Å²) in [4.78, 5) is 0. The second-order valence-corrected chi connectivity index (χ2v) is 4.64. The molecule has 0 heterocycles. The molecule has 0 aliphatic heterocycles. The maximum atomic E-state index is 3.91. The van der Waals surface area contributed by atoms with Crippen LogP contribution in [0, 0.1) is 0 Å². The van der Waals surface area contributed by atoms with Crippen molar-refractivity contribution in [1.29, 1.82) is 0 Å². The average molecular weight is 234 g/mol. The van der Waals surface area contributed by atoms with Gasteiger partial charge in [0.25, 0.3) is 0 Å². The molecular weight excluding hydrogens is 216 g/mol. The predicted octanol–water partition coefficient (Wildman–Crippen LogP) is 1.55. The highest BCUT2D eigenvalue weighted by atomic mass is 14.0. The van der Waals surface area contributed by atoms with Crippen LogP contribution < -0.4 is 20.9 Å². The summed E-state index contributed by atoms with van der Waals surface area (Å²) in [5.74, 6) is 0. The van der Waals surface area contributed by atoms with E-state index in [1.54, 1.807) is 0 Å². The minimum absolute atomic E-state index is 1.05. The molecule has 0 atom stereocenters. The van der Waals surface area contributed by atoms with Crippen LogP contribution in [0.2, 0.25) is 0 Å². The molecule has 0 aliphatic carbocycles. The van der Waals surface area contributed by atoms with Gasteiger partial charge in [0.15, 0.2) is 0 Å². The molecule has 0 heteroatoms. The van der Waals surface area contributed by atoms with E-state index in [2.05, 4.69) is 51.3 Å². The monoisotopic (exact) mass is 234 g/mol. The standard InChI is InChI=1S/C18H18/c1-13-5-9-17(10-6-13)15(3)16(4)18-11-7-14(2)8-12-18/h5-12H,1-2H2,3-4H3. The quantitative estimate of drug-likeness (QED) is 0.702. The molecule has 0 nitrogen and oxygen atoms in total. The lowest BCUT2D eigenvalue weighted by atomic mass is 10.0. The first-order chi connectivity index (χ1) is 8.58. The molecule has 0 saturated heterocycles. The van der Waals surface area contributed by atoms with Crippen molar-refractivity contribution in [2.24, 2.45) is 0 Å². The first-order valence-corrected chi connectivity index (χ1v) is 6.10. The van der Waals surface area contributed by atoms with E-state index in [-0.39, 0.29) is 0 Å². The Labute approximate surface area is 108 Å². The van der Waals surface area contributed by atoms with Crippen molar-refractivity contribution in [2.45, 2.75) is 13.8 Å². The van der Waals surface area contributed by atoms with E-state index in [0.717, 1.165) is 10.4 Å². The predicted molar refractivity (Wildman–Crippen MR) is 80.6 cm³/mol. The zero-order valence-electron chi connectivity index (χ0n) is 11.0. The Morgan fingerprint density at radius 3 is 1.17 bits per heavy atom. The largest absolute Gasteiger partial charge is 0.0918 e. The number of rotatable bonds is 1. The lowest BCUT2D eigenvalue weighted by Gasteiger charge is -2.02. The molecule has 0 bridgehead atoms. The van der Waals surface area contributed by atoms with Gasteiger partial charge in [0.2, 0.25) is 0 Å². The van der Waals surface area contributed by atoms with E-state index >= 15 is 0 Å². The first-order valence-electron chi connectivity index (χ1n) is 6.10. The lowest BCUT2D eigenvalue weighted by Crippen LogP contribution is -2.13. The zero-order valence-corrected chi connectivity index (χ0v) is 11.0. The third-order valence-electron chi connectivity index (χ3n) is 3.34. The van der Waals surface area contributed by atoms with Crippen molar-refractivity contribution in [3.8, 4) is 0 Å². The number of hydrogen-bond donors (Lipinski definition) is 0. The maximum absolute atomic E-state index is 3.91. The van der Waals surface area contributed by atoms with E-state index in [1.165, 1.54) is 21.6 Å². The molecule has 0 fully saturated rings. The van der Waals surface area contributed by atoms with Crippen LogP contribution >= 0.6 is 0 Å². The van der Waals surface area contributed by atoms with Crippen molar-refractivity contribution in [3.63, 3.8) is 0 Å². The van der Waals surface area contributed by atoms with Gasteiger partial charge in [0.1, 0.15) is 0 Å². The van der Waals surface area contributed by atoms with E-state index in [1.807, 2.05) is 24.3 Å². The van der Waals surface area contributed by atoms with Crippen molar-refractivity contribution in [2.75, 3.05) is 0 Å². The molecule has 18 heavy (non-hydrogen) atoms. The molecule has 2 rings (SSSR count). The highest BCUT2D eigenvalue weighted by molar-refractivity contribution is 5.85. The summed E-state index contributed by atoms with van der Waals surface area (Å²) in [6, 6.07) is 16.7. The van der Waals surface area contributed by atoms with Gasteiger partial charge in [-0.1, -0.05) is 61.7 Å². The lowest BCUT2D eigenvalue weighted by molar-refractivity contribution is 1.47. The third kappa shape index (κ3) is 2.60. The molecule has 2 aromatic rings. The van der Waals surface area contributed by atoms with Gasteiger partial charge in [0, 0.05) is 0 Å². The molecule has 0 aliphatic rings. The van der Waals surface area contributed by atoms with Crippen molar-refractivity contribution in [1.82, 2.24) is 0 Å². The molecule has 0 unspecified atom stereocenters. The summed E-state index contributed by atoms with van der Waals surface area (Å²) >= 11 is 0. The van der Waals surface area contributed by atoms with E-state index < -0.39 is 0 Å². The van der Waals surface area contributed by atoms with Crippen LogP contribution in [0.4, 0.5) is 0 Å². The maximum Gasteiger partial charge on any atom is -0.0224 e. The van der Waals surface area contributed by atoms with Crippen LogP contribution in [0.3, 0.4) is 0 Å². The second-order valence-electron chi connectivity index (χ2n) is 4.64. The molecular formula is C18H18. The average Bonchev–Trinajstić information content (AvgIpc) is 2.39. The minimum atomic E-state index is 1.05. The van der Waals surface area contributed by atoms with E-state index in [0.29, 0.717) is 0 Å². The molecule has 0 saturated carbocycles. The Bertz CT molecular complexity index is 663. The Morgan fingerprint density at radius 2 is 0.889 bits per heavy atom. The van der Waals surface area contributed by atoms with Gasteiger partial charge < -0.3 is 0 Å². The van der Waals surface area contributed by atoms with Crippen molar-refractivity contribution in [3.05, 3.63) is 69.4 Å². The van der Waals surface area contributed by atoms with E-state index in [4.69, 9.17) is 0 Å². The minimum Gasteiger partial charge on any atom is -0.0918 e. The van der Waals surface area contributed by atoms with Gasteiger partial charge in [-0.05, 0) is 45.9 Å². The van der Waals surface area contributed by atoms with Crippen LogP contribution in [-0.2, 0) is 0 Å². The van der Waals surface area contributed by atoms with Crippen LogP contribution in [-0.4, -0.2) is 0 Å². The Balaban J connectivity index is 2.68. The summed E-state index contributed by atoms with van der Waals surface area (Å²) in [5, 5.41) is 4.59. The summed E-state index contributed by atoms with van der Waals surface area (Å²) in [6.45, 7) is 12.1. The van der Waals surface area contributed by atoms with Gasteiger partial charge >= 0.3 is 0 Å². The fourth-order valence-corrected chi connectivity index (χ4v) is 1.94. The Morgan fingerprint density at radius 1 is 0.611 bits per heavy atom. The highest BCUT2D eigenvalue weighted by Crippen LogP contribution is 2.06. The normalized spacial score (nSPS) is 10.1. The fourth-order valence-electron chi connectivity index (χ4n) is 1.94. The SMILES string of the molecule is C=c1ccc(=C(C)C(C)=c2ccc(=C)cc2)cc1. The van der Waals surface area contributed by atoms with Gasteiger partial charge in [-0.2, -0.15) is 0 Å². The number of hydrogen-bond acceptors (Lipinski definition) is 0. The van der Waals surface area contributed by atoms with Gasteiger partial charge in [0.05, 0.1) is 0 Å². The molecule has 0 radical (unpaired) electrons. The van der Waals surface area contributed by atoms with Gasteiger partial charge in [-0.3, -0.25) is 0 Å². The molecule has 0 aromatic heterocycles.